The molecule has 27 heavy (non-hydrogen) atoms. The van der Waals surface area contributed by atoms with Gasteiger partial charge in [-0.1, -0.05) is 30.3 Å². The topological polar surface area (TPSA) is 119 Å². The van der Waals surface area contributed by atoms with E-state index in [0.29, 0.717) is 45.3 Å². The number of urea groups is 1. The third-order valence-corrected chi connectivity index (χ3v) is 5.24. The van der Waals surface area contributed by atoms with Crippen molar-refractivity contribution in [1.82, 2.24) is 10.2 Å². The molecule has 1 aromatic rings. The molecule has 0 unspecified atom stereocenters. The van der Waals surface area contributed by atoms with E-state index in [9.17, 15) is 14.4 Å². The number of nitrogens with zero attached hydrogens (tertiary/aromatic N) is 1. The van der Waals surface area contributed by atoms with Crippen molar-refractivity contribution in [2.45, 2.75) is 44.1 Å². The van der Waals surface area contributed by atoms with Crippen molar-refractivity contribution >= 4 is 30.1 Å². The number of likely N-dealkylation sites (tertiary alicyclic amines) is 1. The van der Waals surface area contributed by atoms with Crippen LogP contribution in [0, 0.1) is 0 Å². The van der Waals surface area contributed by atoms with Crippen molar-refractivity contribution in [1.29, 1.82) is 0 Å². The molecule has 0 saturated carbocycles. The molecule has 2 rings (SSSR count). The van der Waals surface area contributed by atoms with Crippen LogP contribution in [0.2, 0.25) is 0 Å². The fourth-order valence-electron chi connectivity index (χ4n) is 3.60. The first-order valence-electron chi connectivity index (χ1n) is 9.01. The number of hydrogen-bond acceptors (Lipinski definition) is 4. The fourth-order valence-corrected chi connectivity index (χ4v) is 3.60. The lowest BCUT2D eigenvalue weighted by molar-refractivity contribution is -0.136. The summed E-state index contributed by atoms with van der Waals surface area (Å²) in [6, 6.07) is 8.59. The van der Waals surface area contributed by atoms with Gasteiger partial charge in [-0.2, -0.15) is 0 Å². The Balaban J connectivity index is 0.00000364. The van der Waals surface area contributed by atoms with Gasteiger partial charge in [-0.25, -0.2) is 4.79 Å². The number of nitrogens with one attached hydrogen (secondary N) is 1. The fraction of sp³-hybridized carbons (Fsp3) is 0.526. The number of hydrogen-bond donors (Lipinski definition) is 3. The van der Waals surface area contributed by atoms with Gasteiger partial charge in [0, 0.05) is 19.6 Å². The maximum atomic E-state index is 12.5. The van der Waals surface area contributed by atoms with E-state index in [1.165, 1.54) is 0 Å². The number of nitrogens with two attached hydrogens (primary N) is 2. The van der Waals surface area contributed by atoms with Gasteiger partial charge in [-0.05, 0) is 38.2 Å². The molecule has 0 bridgehead atoms. The maximum Gasteiger partial charge on any atom is 0.312 e. The second-order valence-corrected chi connectivity index (χ2v) is 6.87. The number of halogens is 1. The lowest BCUT2D eigenvalue weighted by Gasteiger charge is -2.41. The highest BCUT2D eigenvalue weighted by Crippen LogP contribution is 2.36. The van der Waals surface area contributed by atoms with Crippen LogP contribution in [0.15, 0.2) is 30.3 Å². The first-order valence-corrected chi connectivity index (χ1v) is 9.01. The third kappa shape index (κ3) is 5.68. The molecular formula is C19H29ClN4O3. The largest absolute Gasteiger partial charge is 0.352 e. The molecule has 1 aromatic carbocycles. The second kappa shape index (κ2) is 10.3. The number of ketones is 1. The molecule has 0 spiro atoms. The van der Waals surface area contributed by atoms with Gasteiger partial charge in [0.15, 0.2) is 0 Å². The van der Waals surface area contributed by atoms with Crippen molar-refractivity contribution in [2.75, 3.05) is 19.6 Å². The number of amides is 3. The van der Waals surface area contributed by atoms with E-state index in [0.717, 1.165) is 5.56 Å². The molecule has 5 N–H and O–H groups in total. The number of benzene rings is 1. The van der Waals surface area contributed by atoms with E-state index in [2.05, 4.69) is 5.32 Å². The molecule has 1 saturated heterocycles. The van der Waals surface area contributed by atoms with Crippen LogP contribution in [-0.4, -0.2) is 48.3 Å². The van der Waals surface area contributed by atoms with Crippen LogP contribution in [0.25, 0.3) is 0 Å². The average Bonchev–Trinajstić information content (AvgIpc) is 2.65. The average molecular weight is 397 g/mol. The molecular weight excluding hydrogens is 368 g/mol. The lowest BCUT2D eigenvalue weighted by atomic mass is 9.70. The molecule has 3 amide bonds. The Bertz CT molecular complexity index is 646. The third-order valence-electron chi connectivity index (χ3n) is 5.24. The van der Waals surface area contributed by atoms with E-state index >= 15 is 0 Å². The van der Waals surface area contributed by atoms with E-state index in [-0.39, 0.29) is 24.1 Å². The Morgan fingerprint density at radius 3 is 2.30 bits per heavy atom. The molecule has 0 radical (unpaired) electrons. The van der Waals surface area contributed by atoms with Crippen molar-refractivity contribution in [3.05, 3.63) is 35.9 Å². The Morgan fingerprint density at radius 1 is 1.19 bits per heavy atom. The Kier molecular flexibility index (Phi) is 8.72. The summed E-state index contributed by atoms with van der Waals surface area (Å²) in [6.07, 6.45) is 2.28. The highest BCUT2D eigenvalue weighted by Gasteiger charge is 2.41. The Labute approximate surface area is 166 Å². The van der Waals surface area contributed by atoms with Crippen molar-refractivity contribution in [2.24, 2.45) is 11.5 Å². The maximum absolute atomic E-state index is 12.5. The van der Waals surface area contributed by atoms with Gasteiger partial charge < -0.3 is 21.7 Å². The predicted octanol–water partition coefficient (Wildman–Crippen LogP) is 1.33. The van der Waals surface area contributed by atoms with Gasteiger partial charge in [-0.15, -0.1) is 12.4 Å². The summed E-state index contributed by atoms with van der Waals surface area (Å²) in [7, 11) is 0. The van der Waals surface area contributed by atoms with Crippen LogP contribution >= 0.6 is 12.4 Å². The van der Waals surface area contributed by atoms with E-state index in [4.69, 9.17) is 11.5 Å². The predicted molar refractivity (Wildman–Crippen MR) is 107 cm³/mol. The highest BCUT2D eigenvalue weighted by molar-refractivity contribution is 5.89. The molecule has 8 heteroatoms. The molecule has 1 aliphatic rings. The van der Waals surface area contributed by atoms with E-state index in [1.54, 1.807) is 11.8 Å². The first kappa shape index (κ1) is 22.9. The zero-order valence-electron chi connectivity index (χ0n) is 15.6. The molecule has 1 atom stereocenters. The number of primary amides is 1. The summed E-state index contributed by atoms with van der Waals surface area (Å²) < 4.78 is 0. The van der Waals surface area contributed by atoms with Crippen molar-refractivity contribution in [3.8, 4) is 0 Å². The van der Waals surface area contributed by atoms with Gasteiger partial charge in [0.2, 0.25) is 5.91 Å². The van der Waals surface area contributed by atoms with Crippen molar-refractivity contribution < 1.29 is 14.4 Å². The van der Waals surface area contributed by atoms with E-state index in [1.807, 2.05) is 30.3 Å². The van der Waals surface area contributed by atoms with Gasteiger partial charge in [0.25, 0.3) is 0 Å². The monoisotopic (exact) mass is 396 g/mol. The normalized spacial score (nSPS) is 16.7. The molecule has 7 nitrogen and oxygen atoms in total. The minimum absolute atomic E-state index is 0. The zero-order valence-corrected chi connectivity index (χ0v) is 16.5. The first-order chi connectivity index (χ1) is 12.4. The van der Waals surface area contributed by atoms with Gasteiger partial charge in [0.05, 0.1) is 11.5 Å². The summed E-state index contributed by atoms with van der Waals surface area (Å²) in [4.78, 5) is 37.3. The summed E-state index contributed by atoms with van der Waals surface area (Å²) in [5, 5.41) is 2.48. The van der Waals surface area contributed by atoms with Gasteiger partial charge in [-0.3, -0.25) is 9.59 Å². The lowest BCUT2D eigenvalue weighted by Crippen LogP contribution is -2.52. The molecule has 150 valence electrons. The smallest absolute Gasteiger partial charge is 0.312 e. The molecule has 1 fully saturated rings. The van der Waals surface area contributed by atoms with Crippen LogP contribution in [0.3, 0.4) is 0 Å². The molecule has 0 aliphatic carbocycles. The number of rotatable bonds is 7. The summed E-state index contributed by atoms with van der Waals surface area (Å²) in [5.41, 5.74) is 11.5. The second-order valence-electron chi connectivity index (χ2n) is 6.87. The minimum Gasteiger partial charge on any atom is -0.352 e. The van der Waals surface area contributed by atoms with Gasteiger partial charge in [0.1, 0.15) is 5.78 Å². The summed E-state index contributed by atoms with van der Waals surface area (Å²) in [6.45, 7) is 3.06. The Morgan fingerprint density at radius 2 is 1.78 bits per heavy atom. The Hall–Kier alpha value is -2.12. The van der Waals surface area contributed by atoms with Gasteiger partial charge >= 0.3 is 6.03 Å². The number of piperidine rings is 1. The number of carbonyl (C=O) groups excluding carboxylic acids is 3. The minimum atomic E-state index is -0.605. The standard InChI is InChI=1S/C19H28N4O3.ClH/c1-14(24)19(15-6-3-2-4-7-15)9-12-23(13-10-19)17(25)16(20)8-5-11-22-18(21)26;/h2-4,6-7,16H,5,8-13,20H2,1H3,(H3,21,22,26);1H/t16-;/m0./s1. The summed E-state index contributed by atoms with van der Waals surface area (Å²) in [5.74, 6) is 0.0342. The summed E-state index contributed by atoms with van der Waals surface area (Å²) >= 11 is 0. The number of Topliss-reactive ketones (excluding diaryl/α,β-unsaturated/α-hetero) is 1. The number of carbonyl (C=O) groups is 3. The molecule has 0 aromatic heterocycles. The quantitative estimate of drug-likeness (QED) is 0.602. The molecule has 1 aliphatic heterocycles. The van der Waals surface area contributed by atoms with Crippen LogP contribution in [0.4, 0.5) is 4.79 Å². The highest BCUT2D eigenvalue weighted by atomic mass is 35.5. The van der Waals surface area contributed by atoms with Crippen LogP contribution < -0.4 is 16.8 Å². The molecule has 1 heterocycles. The van der Waals surface area contributed by atoms with Crippen LogP contribution in [0.1, 0.15) is 38.2 Å². The van der Waals surface area contributed by atoms with Crippen molar-refractivity contribution in [3.63, 3.8) is 0 Å². The van der Waals surface area contributed by atoms with E-state index < -0.39 is 17.5 Å². The zero-order chi connectivity index (χ0) is 19.2. The van der Waals surface area contributed by atoms with Crippen LogP contribution in [-0.2, 0) is 15.0 Å². The SMILES string of the molecule is CC(=O)C1(c2ccccc2)CCN(C(=O)[C@@H](N)CCCNC(N)=O)CC1.Cl. The van der Waals surface area contributed by atoms with Crippen LogP contribution in [0.5, 0.6) is 0 Å².